The number of hydrogen-bond donors (Lipinski definition) is 0. The van der Waals surface area contributed by atoms with Gasteiger partial charge in [-0.3, -0.25) is 0 Å². The van der Waals surface area contributed by atoms with Gasteiger partial charge in [-0.1, -0.05) is 34.8 Å². The van der Waals surface area contributed by atoms with Crippen molar-refractivity contribution in [2.75, 3.05) is 0 Å². The lowest BCUT2D eigenvalue weighted by Crippen LogP contribution is -2.05. The highest BCUT2D eigenvalue weighted by molar-refractivity contribution is 8.84. The molecule has 0 heterocycles. The van der Waals surface area contributed by atoms with Crippen molar-refractivity contribution in [3.8, 4) is 0 Å². The molecule has 72 valence electrons. The number of rotatable bonds is 2. The summed E-state index contributed by atoms with van der Waals surface area (Å²) in [7, 11) is 2.17. The molecule has 0 saturated heterocycles. The van der Waals surface area contributed by atoms with Gasteiger partial charge in [-0.25, -0.2) is 0 Å². The van der Waals surface area contributed by atoms with Gasteiger partial charge in [-0.05, 0) is 47.7 Å². The third kappa shape index (κ3) is 9.55. The van der Waals surface area contributed by atoms with Gasteiger partial charge >= 0.3 is 0 Å². The lowest BCUT2D eigenvalue weighted by atomic mass is 10.5. The molecule has 0 rings (SSSR count). The topological polar surface area (TPSA) is 9.23 Å². The first-order valence-corrected chi connectivity index (χ1v) is 6.63. The average Bonchev–Trinajstić information content (AvgIpc) is 1.80. The second kappa shape index (κ2) is 6.04. The molecule has 7 heteroatoms. The molecule has 0 radical (unpaired) electrons. The predicted molar refractivity (Wildman–Crippen MR) is 64.3 cm³/mol. The van der Waals surface area contributed by atoms with E-state index in [9.17, 15) is 0 Å². The van der Waals surface area contributed by atoms with Crippen molar-refractivity contribution >= 4 is 73.0 Å². The third-order valence-corrected chi connectivity index (χ3v) is 4.68. The molecule has 12 heavy (non-hydrogen) atoms. The number of halogens is 3. The van der Waals surface area contributed by atoms with Gasteiger partial charge in [0, 0.05) is 0 Å². The van der Waals surface area contributed by atoms with Crippen molar-refractivity contribution in [1.82, 2.24) is 0 Å². The summed E-state index contributed by atoms with van der Waals surface area (Å²) >= 11 is 21.3. The first kappa shape index (κ1) is 13.5. The van der Waals surface area contributed by atoms with Gasteiger partial charge in [0.05, 0.1) is 6.10 Å². The fourth-order valence-electron chi connectivity index (χ4n) is 0.293. The van der Waals surface area contributed by atoms with Gasteiger partial charge in [0.2, 0.25) is 7.51 Å². The molecule has 0 fully saturated rings. The lowest BCUT2D eigenvalue weighted by molar-refractivity contribution is 0.243. The number of hydrogen-bond acceptors (Lipinski definition) is 4. The molecular formula is C5H7Cl3OS3. The van der Waals surface area contributed by atoms with Gasteiger partial charge in [0.15, 0.2) is 0 Å². The van der Waals surface area contributed by atoms with E-state index in [1.165, 1.54) is 0 Å². The fraction of sp³-hybridized carbons (Fsp3) is 0.800. The molecule has 0 bridgehead atoms. The first-order chi connectivity index (χ1) is 5.31. The van der Waals surface area contributed by atoms with Crippen LogP contribution < -0.4 is 0 Å². The minimum absolute atomic E-state index is 0.0565. The van der Waals surface area contributed by atoms with Crippen LogP contribution in [-0.4, -0.2) is 13.6 Å². The van der Waals surface area contributed by atoms with Crippen LogP contribution in [0.2, 0.25) is 0 Å². The Labute approximate surface area is 100 Å². The highest BCUT2D eigenvalue weighted by Crippen LogP contribution is 2.46. The molecule has 0 aliphatic rings. The van der Waals surface area contributed by atoms with Crippen LogP contribution >= 0.6 is 68.6 Å². The van der Waals surface area contributed by atoms with Gasteiger partial charge in [-0.2, -0.15) is 0 Å². The Morgan fingerprint density at radius 3 is 2.25 bits per heavy atom. The van der Waals surface area contributed by atoms with Crippen LogP contribution in [0, 0.1) is 0 Å². The number of thiocarbonyl (C=S) groups is 1. The maximum absolute atomic E-state index is 5.47. The van der Waals surface area contributed by atoms with Crippen LogP contribution in [0.3, 0.4) is 0 Å². The van der Waals surface area contributed by atoms with Crippen molar-refractivity contribution in [1.29, 1.82) is 0 Å². The molecule has 0 atom stereocenters. The fourth-order valence-corrected chi connectivity index (χ4v) is 2.64. The lowest BCUT2D eigenvalue weighted by Gasteiger charge is -2.12. The quantitative estimate of drug-likeness (QED) is 0.422. The highest BCUT2D eigenvalue weighted by atomic mass is 35.6. The van der Waals surface area contributed by atoms with Crippen LogP contribution in [-0.2, 0) is 4.74 Å². The smallest absolute Gasteiger partial charge is 0.247 e. The van der Waals surface area contributed by atoms with Crippen LogP contribution in [0.5, 0.6) is 0 Å². The van der Waals surface area contributed by atoms with Crippen LogP contribution in [0.4, 0.5) is 0 Å². The van der Waals surface area contributed by atoms with Crippen molar-refractivity contribution in [3.05, 3.63) is 0 Å². The molecule has 0 aliphatic heterocycles. The summed E-state index contributed by atoms with van der Waals surface area (Å²) in [6.07, 6.45) is 0.0565. The highest BCUT2D eigenvalue weighted by Gasteiger charge is 2.22. The normalized spacial score (nSPS) is 11.8. The second-order valence-electron chi connectivity index (χ2n) is 2.03. The summed E-state index contributed by atoms with van der Waals surface area (Å²) in [6, 6.07) is 0. The molecule has 0 spiro atoms. The van der Waals surface area contributed by atoms with Gasteiger partial charge in [-0.15, -0.1) is 0 Å². The molecule has 0 aliphatic carbocycles. The van der Waals surface area contributed by atoms with Crippen molar-refractivity contribution in [2.45, 2.75) is 23.1 Å². The second-order valence-corrected chi connectivity index (χ2v) is 7.93. The zero-order valence-corrected chi connectivity index (χ0v) is 11.1. The zero-order valence-electron chi connectivity index (χ0n) is 6.34. The molecule has 0 aromatic rings. The Hall–Kier alpha value is 1.46. The van der Waals surface area contributed by atoms with E-state index >= 15 is 0 Å². The Bertz CT molecular complexity index is 157. The van der Waals surface area contributed by atoms with Crippen molar-refractivity contribution in [2.24, 2.45) is 0 Å². The van der Waals surface area contributed by atoms with E-state index < -0.39 is 3.12 Å². The molecule has 0 N–H and O–H groups in total. The van der Waals surface area contributed by atoms with Crippen LogP contribution in [0.1, 0.15) is 13.8 Å². The minimum Gasteiger partial charge on any atom is -0.475 e. The summed E-state index contributed by atoms with van der Waals surface area (Å²) in [5.74, 6) is 0. The minimum atomic E-state index is -1.35. The summed E-state index contributed by atoms with van der Waals surface area (Å²) in [5, 5.41) is 0. The summed E-state index contributed by atoms with van der Waals surface area (Å²) in [4.78, 5) is 0. The first-order valence-electron chi connectivity index (χ1n) is 2.94. The standard InChI is InChI=1S/C5H7Cl3OS3/c1-3(2)9-4(10)11-12-5(6,7)8/h3H,1-2H3. The van der Waals surface area contributed by atoms with Crippen LogP contribution in [0.15, 0.2) is 0 Å². The largest absolute Gasteiger partial charge is 0.475 e. The Balaban J connectivity index is 3.58. The number of ether oxygens (including phenoxy) is 1. The molecular weight excluding hydrogens is 279 g/mol. The molecule has 0 unspecified atom stereocenters. The van der Waals surface area contributed by atoms with Crippen molar-refractivity contribution in [3.63, 3.8) is 0 Å². The van der Waals surface area contributed by atoms with E-state index in [2.05, 4.69) is 0 Å². The third-order valence-electron chi connectivity index (χ3n) is 0.536. The molecule has 0 amide bonds. The van der Waals surface area contributed by atoms with E-state index in [1.807, 2.05) is 13.8 Å². The van der Waals surface area contributed by atoms with E-state index in [1.54, 1.807) is 0 Å². The Morgan fingerprint density at radius 1 is 1.42 bits per heavy atom. The monoisotopic (exact) mass is 284 g/mol. The maximum Gasteiger partial charge on any atom is 0.247 e. The summed E-state index contributed by atoms with van der Waals surface area (Å²) < 4.78 is 4.17. The molecule has 0 aromatic carbocycles. The Kier molecular flexibility index (Phi) is 6.77. The summed E-state index contributed by atoms with van der Waals surface area (Å²) in [5.41, 5.74) is 0. The van der Waals surface area contributed by atoms with Crippen LogP contribution in [0.25, 0.3) is 0 Å². The summed E-state index contributed by atoms with van der Waals surface area (Å²) in [6.45, 7) is 3.76. The van der Waals surface area contributed by atoms with E-state index in [0.29, 0.717) is 4.38 Å². The van der Waals surface area contributed by atoms with Gasteiger partial charge < -0.3 is 4.74 Å². The van der Waals surface area contributed by atoms with Gasteiger partial charge in [0.25, 0.3) is 0 Å². The van der Waals surface area contributed by atoms with E-state index in [0.717, 1.165) is 21.6 Å². The van der Waals surface area contributed by atoms with E-state index in [4.69, 9.17) is 51.8 Å². The molecule has 0 aromatic heterocycles. The molecule has 0 saturated carbocycles. The predicted octanol–water partition coefficient (Wildman–Crippen LogP) is 4.41. The van der Waals surface area contributed by atoms with Gasteiger partial charge in [0.1, 0.15) is 0 Å². The number of alkyl halides is 3. The maximum atomic E-state index is 5.47. The molecule has 1 nitrogen and oxygen atoms in total. The Morgan fingerprint density at radius 2 is 1.92 bits per heavy atom. The average molecular weight is 286 g/mol. The zero-order chi connectivity index (χ0) is 9.78. The van der Waals surface area contributed by atoms with E-state index in [-0.39, 0.29) is 6.10 Å². The van der Waals surface area contributed by atoms with Crippen molar-refractivity contribution < 1.29 is 4.74 Å². The SMILES string of the molecule is CC(C)OC(=S)SSC(Cl)(Cl)Cl.